The van der Waals surface area contributed by atoms with E-state index in [4.69, 9.17) is 0 Å². The molecule has 2 heterocycles. The Balaban J connectivity index is 1.87. The van der Waals surface area contributed by atoms with Crippen LogP contribution < -0.4 is 0 Å². The molecule has 0 bridgehead atoms. The Labute approximate surface area is 92.7 Å². The quantitative estimate of drug-likeness (QED) is 0.756. The minimum atomic E-state index is 0.704. The van der Waals surface area contributed by atoms with Crippen molar-refractivity contribution in [2.75, 3.05) is 13.1 Å². The van der Waals surface area contributed by atoms with Gasteiger partial charge in [0.05, 0.1) is 6.54 Å². The number of likely N-dealkylation sites (tertiary alicyclic amines) is 1. The summed E-state index contributed by atoms with van der Waals surface area (Å²) < 4.78 is 0. The van der Waals surface area contributed by atoms with E-state index in [0.29, 0.717) is 4.83 Å². The molecule has 0 amide bonds. The Morgan fingerprint density at radius 2 is 1.93 bits per heavy atom. The zero-order valence-electron chi connectivity index (χ0n) is 8.06. The van der Waals surface area contributed by atoms with Gasteiger partial charge in [-0.05, 0) is 32.0 Å². The summed E-state index contributed by atoms with van der Waals surface area (Å²) in [6.07, 6.45) is 6.07. The standard InChI is InChI=1S/C10H14BrN3/c11-9-2-6-14(7-3-9)8-10-12-4-1-5-13-10/h1,4-5,9H,2-3,6-8H2. The first-order chi connectivity index (χ1) is 6.84. The summed E-state index contributed by atoms with van der Waals surface area (Å²) in [7, 11) is 0. The lowest BCUT2D eigenvalue weighted by atomic mass is 10.1. The fraction of sp³-hybridized carbons (Fsp3) is 0.600. The highest BCUT2D eigenvalue weighted by Gasteiger charge is 2.17. The van der Waals surface area contributed by atoms with Gasteiger partial charge in [0.1, 0.15) is 5.82 Å². The van der Waals surface area contributed by atoms with Crippen LogP contribution in [0.5, 0.6) is 0 Å². The second kappa shape index (κ2) is 4.84. The van der Waals surface area contributed by atoms with Crippen molar-refractivity contribution in [2.45, 2.75) is 24.2 Å². The van der Waals surface area contributed by atoms with Crippen LogP contribution in [0.1, 0.15) is 18.7 Å². The summed E-state index contributed by atoms with van der Waals surface area (Å²) in [6.45, 7) is 3.18. The van der Waals surface area contributed by atoms with Crippen LogP contribution in [0.4, 0.5) is 0 Å². The van der Waals surface area contributed by atoms with Crippen LogP contribution in [0.25, 0.3) is 0 Å². The first-order valence-electron chi connectivity index (χ1n) is 4.97. The van der Waals surface area contributed by atoms with Crippen molar-refractivity contribution in [3.8, 4) is 0 Å². The Hall–Kier alpha value is -0.480. The molecule has 1 aromatic heterocycles. The Kier molecular flexibility index (Phi) is 3.48. The number of alkyl halides is 1. The summed E-state index contributed by atoms with van der Waals surface area (Å²) in [5, 5.41) is 0. The topological polar surface area (TPSA) is 29.0 Å². The molecule has 0 radical (unpaired) electrons. The first-order valence-corrected chi connectivity index (χ1v) is 5.88. The molecule has 2 rings (SSSR count). The number of hydrogen-bond acceptors (Lipinski definition) is 3. The molecule has 1 aliphatic heterocycles. The molecule has 1 saturated heterocycles. The van der Waals surface area contributed by atoms with E-state index in [1.54, 1.807) is 12.4 Å². The van der Waals surface area contributed by atoms with Gasteiger partial charge in [0.15, 0.2) is 0 Å². The van der Waals surface area contributed by atoms with E-state index in [1.165, 1.54) is 12.8 Å². The monoisotopic (exact) mass is 255 g/mol. The lowest BCUT2D eigenvalue weighted by molar-refractivity contribution is 0.221. The molecule has 14 heavy (non-hydrogen) atoms. The third kappa shape index (κ3) is 2.75. The van der Waals surface area contributed by atoms with Crippen molar-refractivity contribution in [1.29, 1.82) is 0 Å². The van der Waals surface area contributed by atoms with E-state index in [-0.39, 0.29) is 0 Å². The molecule has 0 spiro atoms. The maximum atomic E-state index is 4.23. The zero-order chi connectivity index (χ0) is 9.80. The number of aromatic nitrogens is 2. The molecule has 0 saturated carbocycles. The molecule has 1 aromatic rings. The summed E-state index contributed by atoms with van der Waals surface area (Å²) in [4.78, 5) is 11.6. The van der Waals surface area contributed by atoms with Crippen LogP contribution in [0.2, 0.25) is 0 Å². The van der Waals surface area contributed by atoms with Crippen molar-refractivity contribution in [3.63, 3.8) is 0 Å². The number of piperidine rings is 1. The predicted octanol–water partition coefficient (Wildman–Crippen LogP) is 1.84. The van der Waals surface area contributed by atoms with E-state index in [0.717, 1.165) is 25.5 Å². The molecule has 3 nitrogen and oxygen atoms in total. The molecular weight excluding hydrogens is 242 g/mol. The van der Waals surface area contributed by atoms with E-state index >= 15 is 0 Å². The van der Waals surface area contributed by atoms with Gasteiger partial charge in [-0.1, -0.05) is 15.9 Å². The lowest BCUT2D eigenvalue weighted by Crippen LogP contribution is -2.33. The highest BCUT2D eigenvalue weighted by molar-refractivity contribution is 9.09. The highest BCUT2D eigenvalue weighted by atomic mass is 79.9. The van der Waals surface area contributed by atoms with Crippen LogP contribution in [0, 0.1) is 0 Å². The highest BCUT2D eigenvalue weighted by Crippen LogP contribution is 2.18. The van der Waals surface area contributed by atoms with Crippen molar-refractivity contribution >= 4 is 15.9 Å². The van der Waals surface area contributed by atoms with Gasteiger partial charge in [0.2, 0.25) is 0 Å². The molecule has 76 valence electrons. The van der Waals surface area contributed by atoms with Gasteiger partial charge in [-0.25, -0.2) is 9.97 Å². The summed E-state index contributed by atoms with van der Waals surface area (Å²) in [5.74, 6) is 0.931. The van der Waals surface area contributed by atoms with Crippen LogP contribution >= 0.6 is 15.9 Å². The van der Waals surface area contributed by atoms with Gasteiger partial charge in [0, 0.05) is 17.2 Å². The zero-order valence-corrected chi connectivity index (χ0v) is 9.65. The fourth-order valence-electron chi connectivity index (χ4n) is 1.67. The fourth-order valence-corrected chi connectivity index (χ4v) is 2.08. The molecule has 0 aromatic carbocycles. The molecular formula is C10H14BrN3. The van der Waals surface area contributed by atoms with E-state index in [1.807, 2.05) is 6.07 Å². The Morgan fingerprint density at radius 1 is 1.29 bits per heavy atom. The van der Waals surface area contributed by atoms with Gasteiger partial charge >= 0.3 is 0 Å². The van der Waals surface area contributed by atoms with Crippen LogP contribution in [0.3, 0.4) is 0 Å². The minimum absolute atomic E-state index is 0.704. The second-order valence-electron chi connectivity index (χ2n) is 3.62. The van der Waals surface area contributed by atoms with Gasteiger partial charge in [0.25, 0.3) is 0 Å². The third-order valence-corrected chi connectivity index (χ3v) is 3.42. The SMILES string of the molecule is BrC1CCN(Cc2ncccn2)CC1. The summed E-state index contributed by atoms with van der Waals surface area (Å²) in [5.41, 5.74) is 0. The maximum Gasteiger partial charge on any atom is 0.142 e. The average Bonchev–Trinajstić information content (AvgIpc) is 2.23. The average molecular weight is 256 g/mol. The molecule has 4 heteroatoms. The molecule has 1 fully saturated rings. The van der Waals surface area contributed by atoms with Gasteiger partial charge < -0.3 is 0 Å². The lowest BCUT2D eigenvalue weighted by Gasteiger charge is -2.28. The Morgan fingerprint density at radius 3 is 2.57 bits per heavy atom. The maximum absolute atomic E-state index is 4.23. The van der Waals surface area contributed by atoms with Gasteiger partial charge in [-0.3, -0.25) is 4.90 Å². The molecule has 0 N–H and O–H groups in total. The van der Waals surface area contributed by atoms with Crippen molar-refractivity contribution in [1.82, 2.24) is 14.9 Å². The molecule has 0 atom stereocenters. The van der Waals surface area contributed by atoms with Crippen molar-refractivity contribution in [3.05, 3.63) is 24.3 Å². The van der Waals surface area contributed by atoms with Gasteiger partial charge in [-0.2, -0.15) is 0 Å². The van der Waals surface area contributed by atoms with E-state index in [2.05, 4.69) is 30.8 Å². The molecule has 0 aliphatic carbocycles. The normalized spacial score (nSPS) is 19.8. The largest absolute Gasteiger partial charge is 0.296 e. The summed E-state index contributed by atoms with van der Waals surface area (Å²) >= 11 is 3.64. The van der Waals surface area contributed by atoms with Crippen LogP contribution in [0.15, 0.2) is 18.5 Å². The number of halogens is 1. The smallest absolute Gasteiger partial charge is 0.142 e. The van der Waals surface area contributed by atoms with E-state index in [9.17, 15) is 0 Å². The number of nitrogens with zero attached hydrogens (tertiary/aromatic N) is 3. The number of hydrogen-bond donors (Lipinski definition) is 0. The third-order valence-electron chi connectivity index (χ3n) is 2.50. The Bertz CT molecular complexity index is 270. The van der Waals surface area contributed by atoms with E-state index < -0.39 is 0 Å². The molecule has 1 aliphatic rings. The summed E-state index contributed by atoms with van der Waals surface area (Å²) in [6, 6.07) is 1.86. The van der Waals surface area contributed by atoms with Gasteiger partial charge in [-0.15, -0.1) is 0 Å². The predicted molar refractivity (Wildman–Crippen MR) is 59.3 cm³/mol. The van der Waals surface area contributed by atoms with Crippen LogP contribution in [-0.4, -0.2) is 32.8 Å². The van der Waals surface area contributed by atoms with Crippen molar-refractivity contribution < 1.29 is 0 Å². The second-order valence-corrected chi connectivity index (χ2v) is 4.91. The first kappa shape index (κ1) is 10.1. The minimum Gasteiger partial charge on any atom is -0.296 e. The molecule has 0 unspecified atom stereocenters. The number of rotatable bonds is 2. The van der Waals surface area contributed by atoms with Crippen LogP contribution in [-0.2, 0) is 6.54 Å². The van der Waals surface area contributed by atoms with Crippen molar-refractivity contribution in [2.24, 2.45) is 0 Å².